The highest BCUT2D eigenvalue weighted by molar-refractivity contribution is 8.15. The molecule has 2 aliphatic rings. The molecule has 0 saturated carbocycles. The van der Waals surface area contributed by atoms with Gasteiger partial charge in [0.05, 0.1) is 17.9 Å². The predicted octanol–water partition coefficient (Wildman–Crippen LogP) is 3.93. The van der Waals surface area contributed by atoms with Gasteiger partial charge in [-0.2, -0.15) is 5.26 Å². The van der Waals surface area contributed by atoms with Crippen molar-refractivity contribution in [2.45, 2.75) is 44.3 Å². The van der Waals surface area contributed by atoms with E-state index in [2.05, 4.69) is 10.3 Å². The number of amides is 2. The molecule has 1 N–H and O–H groups in total. The third-order valence-corrected chi connectivity index (χ3v) is 7.69. The summed E-state index contributed by atoms with van der Waals surface area (Å²) in [6.45, 7) is 1.94. The molecule has 8 nitrogen and oxygen atoms in total. The van der Waals surface area contributed by atoms with E-state index in [4.69, 9.17) is 10.00 Å². The molecule has 1 aromatic heterocycles. The third-order valence-electron chi connectivity index (χ3n) is 5.34. The van der Waals surface area contributed by atoms with Crippen LogP contribution in [0.1, 0.15) is 47.0 Å². The molecule has 2 amide bonds. The Hall–Kier alpha value is -3.16. The molecule has 0 spiro atoms. The quantitative estimate of drug-likeness (QED) is 0.172. The number of hydrogen-bond donors (Lipinski definition) is 1. The van der Waals surface area contributed by atoms with Crippen LogP contribution in [0.25, 0.3) is 0 Å². The Kier molecular flexibility index (Phi) is 7.11. The average Bonchev–Trinajstić information content (AvgIpc) is 3.31. The number of ether oxygens (including phenoxy) is 1. The highest BCUT2D eigenvalue weighted by atomic mass is 32.2. The lowest BCUT2D eigenvalue weighted by molar-refractivity contribution is -0.121. The van der Waals surface area contributed by atoms with Crippen molar-refractivity contribution in [1.29, 1.82) is 5.26 Å². The maximum atomic E-state index is 13.3. The molecular weight excluding hydrogens is 460 g/mol. The van der Waals surface area contributed by atoms with Crippen molar-refractivity contribution < 1.29 is 19.1 Å². The molecule has 4 rings (SSSR count). The van der Waals surface area contributed by atoms with E-state index in [-0.39, 0.29) is 24.1 Å². The van der Waals surface area contributed by atoms with Gasteiger partial charge in [-0.3, -0.25) is 14.9 Å². The number of para-hydroxylation sites is 1. The zero-order valence-corrected chi connectivity index (χ0v) is 19.6. The number of anilines is 1. The lowest BCUT2D eigenvalue weighted by Gasteiger charge is -2.16. The molecular formula is C23H22N4O4S2. The molecule has 1 aliphatic heterocycles. The number of fused-ring (bicyclic) bond motifs is 1. The van der Waals surface area contributed by atoms with Crippen LogP contribution in [0.3, 0.4) is 0 Å². The molecule has 2 heterocycles. The molecule has 170 valence electrons. The van der Waals surface area contributed by atoms with E-state index >= 15 is 0 Å². The number of nitriles is 1. The predicted molar refractivity (Wildman–Crippen MR) is 128 cm³/mol. The van der Waals surface area contributed by atoms with Crippen LogP contribution < -0.4 is 10.2 Å². The van der Waals surface area contributed by atoms with Gasteiger partial charge in [0.25, 0.3) is 0 Å². The molecule has 1 aliphatic carbocycles. The van der Waals surface area contributed by atoms with Gasteiger partial charge in [0, 0.05) is 11.3 Å². The minimum Gasteiger partial charge on any atom is -0.462 e. The molecule has 33 heavy (non-hydrogen) atoms. The Bertz CT molecular complexity index is 1150. The Labute approximate surface area is 199 Å². The lowest BCUT2D eigenvalue weighted by Crippen LogP contribution is -2.32. The first-order chi connectivity index (χ1) is 16.0. The largest absolute Gasteiger partial charge is 0.462 e. The topological polar surface area (TPSA) is 112 Å². The van der Waals surface area contributed by atoms with Crippen LogP contribution in [-0.2, 0) is 27.2 Å². The second-order valence-corrected chi connectivity index (χ2v) is 9.75. The van der Waals surface area contributed by atoms with Gasteiger partial charge >= 0.3 is 5.97 Å². The van der Waals surface area contributed by atoms with Crippen molar-refractivity contribution in [3.05, 3.63) is 46.3 Å². The number of esters is 1. The monoisotopic (exact) mass is 482 g/mol. The number of amidine groups is 1. The van der Waals surface area contributed by atoms with Crippen molar-refractivity contribution in [2.24, 2.45) is 4.99 Å². The number of carbonyl (C=O) groups is 3. The van der Waals surface area contributed by atoms with E-state index in [1.807, 2.05) is 24.4 Å². The summed E-state index contributed by atoms with van der Waals surface area (Å²) >= 11 is 2.36. The van der Waals surface area contributed by atoms with Crippen LogP contribution in [0.15, 0.2) is 35.3 Å². The zero-order valence-electron chi connectivity index (χ0n) is 18.0. The summed E-state index contributed by atoms with van der Waals surface area (Å²) < 4.78 is 5.26. The Morgan fingerprint density at radius 3 is 2.79 bits per heavy atom. The lowest BCUT2D eigenvalue weighted by atomic mass is 9.95. The van der Waals surface area contributed by atoms with Crippen LogP contribution in [0.4, 0.5) is 10.7 Å². The number of hydrogen-bond acceptors (Lipinski definition) is 8. The molecule has 0 radical (unpaired) electrons. The second-order valence-electron chi connectivity index (χ2n) is 7.48. The van der Waals surface area contributed by atoms with Gasteiger partial charge in [0.2, 0.25) is 11.8 Å². The van der Waals surface area contributed by atoms with E-state index in [1.165, 1.54) is 11.3 Å². The molecule has 0 bridgehead atoms. The maximum Gasteiger partial charge on any atom is 0.341 e. The number of thioether (sulfide) groups is 1. The summed E-state index contributed by atoms with van der Waals surface area (Å²) in [7, 11) is 0. The first-order valence-electron chi connectivity index (χ1n) is 10.7. The smallest absolute Gasteiger partial charge is 0.341 e. The van der Waals surface area contributed by atoms with E-state index in [0.717, 1.165) is 52.8 Å². The number of nitrogens with one attached hydrogen (secondary N) is 1. The molecule has 1 fully saturated rings. The first-order valence-corrected chi connectivity index (χ1v) is 12.4. The number of thiophene rings is 1. The number of nitrogens with zero attached hydrogens (tertiary/aromatic N) is 3. The summed E-state index contributed by atoms with van der Waals surface area (Å²) in [6, 6.07) is 9.02. The molecule has 1 atom stereocenters. The minimum atomic E-state index is -0.755. The van der Waals surface area contributed by atoms with E-state index in [9.17, 15) is 14.4 Å². The fourth-order valence-corrected chi connectivity index (χ4v) is 6.28. The van der Waals surface area contributed by atoms with Gasteiger partial charge in [-0.05, 0) is 50.3 Å². The number of imide groups is 1. The van der Waals surface area contributed by atoms with Crippen LogP contribution >= 0.6 is 23.1 Å². The average molecular weight is 483 g/mol. The second kappa shape index (κ2) is 10.2. The molecule has 0 unspecified atom stereocenters. The van der Waals surface area contributed by atoms with Gasteiger partial charge in [-0.25, -0.2) is 14.7 Å². The summed E-state index contributed by atoms with van der Waals surface area (Å²) in [6.07, 6.45) is 5.30. The standard InChI is InChI=1S/C23H22N4O4S2/c1-2-31-22(30)19-15-10-6-7-11-16(15)32-21(19)27-18(28)12-17(20(27)29)33-23(25-13-24)26-14-8-4-3-5-9-14/h3-5,8-9,17H,2,6-7,10-12H2,1H3,(H,25,26)/t17-/m0/s1. The fraction of sp³-hybridized carbons (Fsp3) is 0.348. The summed E-state index contributed by atoms with van der Waals surface area (Å²) in [5, 5.41) is 11.4. The van der Waals surface area contributed by atoms with E-state index in [1.54, 1.807) is 19.1 Å². The van der Waals surface area contributed by atoms with E-state index < -0.39 is 17.1 Å². The van der Waals surface area contributed by atoms with Gasteiger partial charge < -0.3 is 4.74 Å². The Balaban J connectivity index is 1.64. The van der Waals surface area contributed by atoms with Crippen molar-refractivity contribution in [3.8, 4) is 6.19 Å². The first kappa shape index (κ1) is 23.0. The number of aryl methyl sites for hydroxylation is 1. The van der Waals surface area contributed by atoms with Crippen molar-refractivity contribution in [3.63, 3.8) is 0 Å². The normalized spacial score (nSPS) is 18.1. The fourth-order valence-electron chi connectivity index (χ4n) is 3.92. The van der Waals surface area contributed by atoms with Crippen molar-refractivity contribution in [2.75, 3.05) is 11.5 Å². The van der Waals surface area contributed by atoms with E-state index in [0.29, 0.717) is 16.3 Å². The van der Waals surface area contributed by atoms with Gasteiger partial charge in [-0.15, -0.1) is 11.3 Å². The third kappa shape index (κ3) is 4.79. The Morgan fingerprint density at radius 2 is 2.06 bits per heavy atom. The highest BCUT2D eigenvalue weighted by Crippen LogP contribution is 2.43. The summed E-state index contributed by atoms with van der Waals surface area (Å²) in [4.78, 5) is 45.6. The number of aliphatic imine (C=N–C) groups is 1. The van der Waals surface area contributed by atoms with Crippen LogP contribution in [0.5, 0.6) is 0 Å². The molecule has 2 aromatic rings. The van der Waals surface area contributed by atoms with Crippen LogP contribution in [0, 0.1) is 11.5 Å². The number of rotatable bonds is 5. The minimum absolute atomic E-state index is 0.0464. The SMILES string of the molecule is CCOC(=O)c1c(N2C(=O)C[C@H](SC(=Nc3ccccc3)NC#N)C2=O)sc2c1CCCC2. The molecule has 10 heteroatoms. The van der Waals surface area contributed by atoms with Crippen LogP contribution in [0.2, 0.25) is 0 Å². The number of carbonyl (C=O) groups excluding carboxylic acids is 3. The van der Waals surface area contributed by atoms with Gasteiger partial charge in [-0.1, -0.05) is 30.0 Å². The Morgan fingerprint density at radius 1 is 1.30 bits per heavy atom. The highest BCUT2D eigenvalue weighted by Gasteiger charge is 2.44. The van der Waals surface area contributed by atoms with Crippen molar-refractivity contribution in [1.82, 2.24) is 5.32 Å². The molecule has 1 aromatic carbocycles. The summed E-state index contributed by atoms with van der Waals surface area (Å²) in [5.41, 5.74) is 1.86. The summed E-state index contributed by atoms with van der Waals surface area (Å²) in [5.74, 6) is -1.30. The van der Waals surface area contributed by atoms with Gasteiger partial charge in [0.15, 0.2) is 11.4 Å². The number of benzene rings is 1. The molecule has 1 saturated heterocycles. The maximum absolute atomic E-state index is 13.3. The van der Waals surface area contributed by atoms with Crippen LogP contribution in [-0.4, -0.2) is 34.8 Å². The van der Waals surface area contributed by atoms with Gasteiger partial charge in [0.1, 0.15) is 10.3 Å². The zero-order chi connectivity index (χ0) is 23.4. The van der Waals surface area contributed by atoms with Crippen molar-refractivity contribution >= 4 is 56.7 Å².